The first-order valence-electron chi connectivity index (χ1n) is 10.6. The Morgan fingerprint density at radius 3 is 1.90 bits per heavy atom. The number of hydrogen-bond donors (Lipinski definition) is 0. The molecule has 0 spiro atoms. The standard InChI is InChI=1S/C27H29N3S/c1-19-6-12-22(13-7-19)25-28-29-26(30(25)24-16-8-20(2)9-17-24)31-18-21-10-14-23(15-11-21)27(3,4)5/h6-17H,18H2,1-5H3. The summed E-state index contributed by atoms with van der Waals surface area (Å²) in [6, 6.07) is 25.9. The van der Waals surface area contributed by atoms with Crippen molar-refractivity contribution in [2.24, 2.45) is 0 Å². The van der Waals surface area contributed by atoms with Crippen LogP contribution >= 0.6 is 11.8 Å². The van der Waals surface area contributed by atoms with Crippen LogP contribution in [0, 0.1) is 13.8 Å². The average molecular weight is 428 g/mol. The molecule has 0 bridgehead atoms. The van der Waals surface area contributed by atoms with Crippen LogP contribution in [0.25, 0.3) is 17.1 Å². The zero-order valence-electron chi connectivity index (χ0n) is 18.9. The van der Waals surface area contributed by atoms with Gasteiger partial charge in [0.05, 0.1) is 0 Å². The Bertz CT molecular complexity index is 1150. The summed E-state index contributed by atoms with van der Waals surface area (Å²) < 4.78 is 2.16. The third-order valence-electron chi connectivity index (χ3n) is 5.42. The normalized spacial score (nSPS) is 11.6. The SMILES string of the molecule is Cc1ccc(-c2nnc(SCc3ccc(C(C)(C)C)cc3)n2-c2ccc(C)cc2)cc1. The van der Waals surface area contributed by atoms with Gasteiger partial charge in [-0.05, 0) is 42.5 Å². The number of hydrogen-bond acceptors (Lipinski definition) is 3. The van der Waals surface area contributed by atoms with Crippen molar-refractivity contribution in [1.29, 1.82) is 0 Å². The topological polar surface area (TPSA) is 30.7 Å². The van der Waals surface area contributed by atoms with Crippen molar-refractivity contribution in [3.63, 3.8) is 0 Å². The molecule has 0 atom stereocenters. The maximum atomic E-state index is 4.57. The molecular weight excluding hydrogens is 398 g/mol. The quantitative estimate of drug-likeness (QED) is 0.317. The summed E-state index contributed by atoms with van der Waals surface area (Å²) in [7, 11) is 0. The van der Waals surface area contributed by atoms with E-state index in [0.29, 0.717) is 0 Å². The summed E-state index contributed by atoms with van der Waals surface area (Å²) in [5.41, 5.74) is 7.43. The molecule has 0 unspecified atom stereocenters. The summed E-state index contributed by atoms with van der Waals surface area (Å²) in [5.74, 6) is 1.72. The van der Waals surface area contributed by atoms with Crippen molar-refractivity contribution in [3.05, 3.63) is 95.1 Å². The molecule has 0 aliphatic heterocycles. The van der Waals surface area contributed by atoms with Gasteiger partial charge >= 0.3 is 0 Å². The summed E-state index contributed by atoms with van der Waals surface area (Å²) in [4.78, 5) is 0. The van der Waals surface area contributed by atoms with Gasteiger partial charge in [0.15, 0.2) is 11.0 Å². The third-order valence-corrected chi connectivity index (χ3v) is 6.42. The first kappa shape index (κ1) is 21.4. The van der Waals surface area contributed by atoms with Gasteiger partial charge in [-0.25, -0.2) is 0 Å². The van der Waals surface area contributed by atoms with Gasteiger partial charge in [-0.2, -0.15) is 0 Å². The maximum Gasteiger partial charge on any atom is 0.196 e. The summed E-state index contributed by atoms with van der Waals surface area (Å²) in [6.07, 6.45) is 0. The second-order valence-electron chi connectivity index (χ2n) is 9.08. The van der Waals surface area contributed by atoms with E-state index in [4.69, 9.17) is 0 Å². The van der Waals surface area contributed by atoms with E-state index in [9.17, 15) is 0 Å². The Kier molecular flexibility index (Phi) is 6.01. The number of aryl methyl sites for hydroxylation is 2. The monoisotopic (exact) mass is 427 g/mol. The van der Waals surface area contributed by atoms with Crippen molar-refractivity contribution in [2.75, 3.05) is 0 Å². The molecule has 0 aliphatic rings. The Morgan fingerprint density at radius 1 is 0.742 bits per heavy atom. The van der Waals surface area contributed by atoms with E-state index in [-0.39, 0.29) is 5.41 Å². The number of aromatic nitrogens is 3. The molecule has 1 heterocycles. The van der Waals surface area contributed by atoms with Gasteiger partial charge in [-0.15, -0.1) is 10.2 Å². The summed E-state index contributed by atoms with van der Waals surface area (Å²) in [5, 5.41) is 10.0. The fourth-order valence-corrected chi connectivity index (χ4v) is 4.34. The molecule has 4 heteroatoms. The highest BCUT2D eigenvalue weighted by Crippen LogP contribution is 2.31. The lowest BCUT2D eigenvalue weighted by atomic mass is 9.87. The number of thioether (sulfide) groups is 1. The van der Waals surface area contributed by atoms with Crippen LogP contribution in [0.15, 0.2) is 78.0 Å². The van der Waals surface area contributed by atoms with Crippen LogP contribution in [0.1, 0.15) is 43.0 Å². The minimum absolute atomic E-state index is 0.167. The highest BCUT2D eigenvalue weighted by atomic mass is 32.2. The second-order valence-corrected chi connectivity index (χ2v) is 10.0. The predicted molar refractivity (Wildman–Crippen MR) is 131 cm³/mol. The van der Waals surface area contributed by atoms with Crippen LogP contribution in [0.5, 0.6) is 0 Å². The summed E-state index contributed by atoms with van der Waals surface area (Å²) >= 11 is 1.72. The van der Waals surface area contributed by atoms with Crippen molar-refractivity contribution >= 4 is 11.8 Å². The molecular formula is C27H29N3S. The first-order valence-corrected chi connectivity index (χ1v) is 11.6. The molecule has 31 heavy (non-hydrogen) atoms. The van der Waals surface area contributed by atoms with Crippen LogP contribution in [0.2, 0.25) is 0 Å². The Balaban J connectivity index is 1.66. The zero-order valence-corrected chi connectivity index (χ0v) is 19.7. The molecule has 4 aromatic rings. The number of benzene rings is 3. The van der Waals surface area contributed by atoms with Gasteiger partial charge in [0, 0.05) is 17.0 Å². The molecule has 0 fully saturated rings. The lowest BCUT2D eigenvalue weighted by molar-refractivity contribution is 0.590. The van der Waals surface area contributed by atoms with Gasteiger partial charge in [-0.1, -0.05) is 104 Å². The third kappa shape index (κ3) is 4.91. The van der Waals surface area contributed by atoms with Gasteiger partial charge < -0.3 is 0 Å². The molecule has 4 rings (SSSR count). The van der Waals surface area contributed by atoms with Crippen molar-refractivity contribution < 1.29 is 0 Å². The molecule has 0 saturated heterocycles. The molecule has 1 aromatic heterocycles. The Labute approximate surface area is 189 Å². The molecule has 0 aliphatic carbocycles. The van der Waals surface area contributed by atoms with E-state index < -0.39 is 0 Å². The highest BCUT2D eigenvalue weighted by molar-refractivity contribution is 7.98. The summed E-state index contributed by atoms with van der Waals surface area (Å²) in [6.45, 7) is 10.9. The molecule has 0 amide bonds. The fraction of sp³-hybridized carbons (Fsp3) is 0.259. The lowest BCUT2D eigenvalue weighted by Crippen LogP contribution is -2.10. The maximum absolute atomic E-state index is 4.57. The van der Waals surface area contributed by atoms with E-state index in [0.717, 1.165) is 28.0 Å². The zero-order chi connectivity index (χ0) is 22.0. The van der Waals surface area contributed by atoms with Crippen molar-refractivity contribution in [3.8, 4) is 17.1 Å². The first-order chi connectivity index (χ1) is 14.8. The smallest absolute Gasteiger partial charge is 0.196 e. The van der Waals surface area contributed by atoms with Crippen LogP contribution in [-0.4, -0.2) is 14.8 Å². The van der Waals surface area contributed by atoms with E-state index in [1.807, 2.05) is 0 Å². The predicted octanol–water partition coefficient (Wildman–Crippen LogP) is 7.14. The van der Waals surface area contributed by atoms with Gasteiger partial charge in [0.25, 0.3) is 0 Å². The highest BCUT2D eigenvalue weighted by Gasteiger charge is 2.17. The minimum Gasteiger partial charge on any atom is -0.270 e. The Hall–Kier alpha value is -2.85. The van der Waals surface area contributed by atoms with Crippen molar-refractivity contribution in [2.45, 2.75) is 50.9 Å². The van der Waals surface area contributed by atoms with E-state index >= 15 is 0 Å². The molecule has 0 N–H and O–H groups in total. The molecule has 3 aromatic carbocycles. The largest absolute Gasteiger partial charge is 0.270 e. The van der Waals surface area contributed by atoms with Gasteiger partial charge in [0.1, 0.15) is 0 Å². The van der Waals surface area contributed by atoms with Crippen LogP contribution < -0.4 is 0 Å². The fourth-order valence-electron chi connectivity index (χ4n) is 3.43. The van der Waals surface area contributed by atoms with Crippen LogP contribution in [0.3, 0.4) is 0 Å². The lowest BCUT2D eigenvalue weighted by Gasteiger charge is -2.19. The van der Waals surface area contributed by atoms with Gasteiger partial charge in [-0.3, -0.25) is 4.57 Å². The Morgan fingerprint density at radius 2 is 1.32 bits per heavy atom. The average Bonchev–Trinajstić information content (AvgIpc) is 3.17. The molecule has 0 radical (unpaired) electrons. The van der Waals surface area contributed by atoms with E-state index in [1.54, 1.807) is 11.8 Å². The molecule has 0 saturated carbocycles. The van der Waals surface area contributed by atoms with E-state index in [1.165, 1.54) is 22.3 Å². The number of nitrogens with zero attached hydrogens (tertiary/aromatic N) is 3. The molecule has 158 valence electrons. The minimum atomic E-state index is 0.167. The van der Waals surface area contributed by atoms with Crippen LogP contribution in [0.4, 0.5) is 0 Å². The van der Waals surface area contributed by atoms with Crippen LogP contribution in [-0.2, 0) is 11.2 Å². The molecule has 3 nitrogen and oxygen atoms in total. The number of rotatable bonds is 5. The second kappa shape index (κ2) is 8.72. The van der Waals surface area contributed by atoms with E-state index in [2.05, 4.69) is 122 Å². The van der Waals surface area contributed by atoms with Gasteiger partial charge in [0.2, 0.25) is 0 Å². The van der Waals surface area contributed by atoms with Crippen molar-refractivity contribution in [1.82, 2.24) is 14.8 Å².